The Morgan fingerprint density at radius 3 is 2.38 bits per heavy atom. The van der Waals surface area contributed by atoms with Crippen LogP contribution < -0.4 is 5.73 Å². The Kier molecular flexibility index (Phi) is 3.90. The molecule has 0 aliphatic rings. The highest BCUT2D eigenvalue weighted by Crippen LogP contribution is 2.35. The third-order valence-electron chi connectivity index (χ3n) is 4.40. The predicted molar refractivity (Wildman–Crippen MR) is 107 cm³/mol. The number of phenolic OH excluding ortho intramolecular Hbond substituents is 1. The number of fused-ring (bicyclic) bond motifs is 1. The van der Waals surface area contributed by atoms with Gasteiger partial charge < -0.3 is 15.8 Å². The van der Waals surface area contributed by atoms with Crippen molar-refractivity contribution >= 4 is 28.3 Å². The van der Waals surface area contributed by atoms with Crippen LogP contribution in [-0.2, 0) is 0 Å². The lowest BCUT2D eigenvalue weighted by Gasteiger charge is -2.07. The number of nitrogens with two attached hydrogens (primary N) is 1. The molecule has 1 heterocycles. The molecule has 0 spiro atoms. The first kappa shape index (κ1) is 16.2. The van der Waals surface area contributed by atoms with Crippen molar-refractivity contribution in [2.24, 2.45) is 5.73 Å². The maximum Gasteiger partial charge on any atom is 0.124 e. The number of amidine groups is 1. The number of nitrogen functional groups attached to an aromatic ring is 1. The van der Waals surface area contributed by atoms with E-state index in [2.05, 4.69) is 4.98 Å². The number of H-pyrrole nitrogens is 1. The number of aromatic nitrogens is 1. The summed E-state index contributed by atoms with van der Waals surface area (Å²) < 4.78 is 0. The van der Waals surface area contributed by atoms with Crippen molar-refractivity contribution in [2.45, 2.75) is 0 Å². The number of aromatic amines is 1. The molecule has 5 heteroatoms. The Morgan fingerprint density at radius 1 is 0.923 bits per heavy atom. The zero-order chi connectivity index (χ0) is 18.3. The second-order valence-electron chi connectivity index (χ2n) is 6.14. The maximum atomic E-state index is 10.4. The number of hydrogen-bond acceptors (Lipinski definition) is 2. The summed E-state index contributed by atoms with van der Waals surface area (Å²) in [4.78, 5) is 3.31. The Morgan fingerprint density at radius 2 is 1.65 bits per heavy atom. The smallest absolute Gasteiger partial charge is 0.124 e. The number of rotatable bonds is 3. The van der Waals surface area contributed by atoms with Crippen LogP contribution in [0.25, 0.3) is 33.3 Å². The van der Waals surface area contributed by atoms with E-state index in [0.717, 1.165) is 27.7 Å². The largest absolute Gasteiger partial charge is 0.507 e. The van der Waals surface area contributed by atoms with Crippen molar-refractivity contribution in [2.75, 3.05) is 0 Å². The number of halogens is 1. The van der Waals surface area contributed by atoms with E-state index >= 15 is 0 Å². The SMILES string of the molecule is N=C(N)c1ccc2[nH]c(-c3cc(-c4ccc(Cl)cc4)ccc3O)cc2c1. The summed E-state index contributed by atoms with van der Waals surface area (Å²) in [6, 6.07) is 20.6. The van der Waals surface area contributed by atoms with Gasteiger partial charge in [0.15, 0.2) is 0 Å². The second kappa shape index (κ2) is 6.24. The van der Waals surface area contributed by atoms with E-state index in [0.29, 0.717) is 16.1 Å². The van der Waals surface area contributed by atoms with Gasteiger partial charge in [0.25, 0.3) is 0 Å². The first-order valence-electron chi connectivity index (χ1n) is 8.08. The van der Waals surface area contributed by atoms with E-state index in [1.165, 1.54) is 0 Å². The van der Waals surface area contributed by atoms with Crippen LogP contribution in [0.2, 0.25) is 5.02 Å². The standard InChI is InChI=1S/C21H16ClN3O/c22-16-5-1-12(2-6-16)13-4-8-20(26)17(10-13)19-11-15-9-14(21(23)24)3-7-18(15)25-19/h1-11,25-26H,(H3,23,24). The molecule has 0 saturated heterocycles. The summed E-state index contributed by atoms with van der Waals surface area (Å²) in [5.41, 5.74) is 10.7. The second-order valence-corrected chi connectivity index (χ2v) is 6.57. The van der Waals surface area contributed by atoms with Gasteiger partial charge in [0.1, 0.15) is 11.6 Å². The highest BCUT2D eigenvalue weighted by Gasteiger charge is 2.11. The third-order valence-corrected chi connectivity index (χ3v) is 4.65. The summed E-state index contributed by atoms with van der Waals surface area (Å²) in [5, 5.41) is 19.5. The minimum Gasteiger partial charge on any atom is -0.507 e. The van der Waals surface area contributed by atoms with Gasteiger partial charge in [-0.2, -0.15) is 0 Å². The fraction of sp³-hybridized carbons (Fsp3) is 0. The van der Waals surface area contributed by atoms with E-state index in [-0.39, 0.29) is 11.6 Å². The molecule has 0 aliphatic carbocycles. The van der Waals surface area contributed by atoms with Gasteiger partial charge in [0, 0.05) is 27.1 Å². The Bertz CT molecular complexity index is 1130. The molecule has 0 amide bonds. The summed E-state index contributed by atoms with van der Waals surface area (Å²) in [6.45, 7) is 0. The van der Waals surface area contributed by atoms with Crippen LogP contribution in [0.3, 0.4) is 0 Å². The normalized spacial score (nSPS) is 11.0. The van der Waals surface area contributed by atoms with Crippen LogP contribution in [-0.4, -0.2) is 15.9 Å². The molecule has 3 aromatic carbocycles. The van der Waals surface area contributed by atoms with Crippen LogP contribution in [0.15, 0.2) is 66.7 Å². The Labute approximate surface area is 155 Å². The lowest BCUT2D eigenvalue weighted by Crippen LogP contribution is -2.10. The van der Waals surface area contributed by atoms with Crippen LogP contribution in [0, 0.1) is 5.41 Å². The van der Waals surface area contributed by atoms with Gasteiger partial charge in [-0.05, 0) is 59.7 Å². The van der Waals surface area contributed by atoms with Crippen molar-refractivity contribution < 1.29 is 5.11 Å². The van der Waals surface area contributed by atoms with E-state index in [1.807, 2.05) is 54.6 Å². The number of hydrogen-bond donors (Lipinski definition) is 4. The quantitative estimate of drug-likeness (QED) is 0.300. The molecule has 0 unspecified atom stereocenters. The molecular formula is C21H16ClN3O. The summed E-state index contributed by atoms with van der Waals surface area (Å²) in [6.07, 6.45) is 0. The Hall–Kier alpha value is -3.24. The topological polar surface area (TPSA) is 85.9 Å². The molecular weight excluding hydrogens is 346 g/mol. The summed E-state index contributed by atoms with van der Waals surface area (Å²) in [7, 11) is 0. The number of phenols is 1. The van der Waals surface area contributed by atoms with Crippen molar-refractivity contribution in [3.8, 4) is 28.1 Å². The van der Waals surface area contributed by atoms with Crippen LogP contribution in [0.1, 0.15) is 5.56 Å². The van der Waals surface area contributed by atoms with Crippen molar-refractivity contribution in [1.29, 1.82) is 5.41 Å². The van der Waals surface area contributed by atoms with Gasteiger partial charge in [0.05, 0.1) is 5.69 Å². The van der Waals surface area contributed by atoms with E-state index < -0.39 is 0 Å². The molecule has 0 aliphatic heterocycles. The molecule has 4 rings (SSSR count). The number of nitrogens with one attached hydrogen (secondary N) is 2. The van der Waals surface area contributed by atoms with E-state index in [1.54, 1.807) is 12.1 Å². The summed E-state index contributed by atoms with van der Waals surface area (Å²) >= 11 is 5.96. The first-order chi connectivity index (χ1) is 12.5. The first-order valence-corrected chi connectivity index (χ1v) is 8.45. The fourth-order valence-corrected chi connectivity index (χ4v) is 3.14. The van der Waals surface area contributed by atoms with Crippen molar-refractivity contribution in [3.05, 3.63) is 77.3 Å². The van der Waals surface area contributed by atoms with Gasteiger partial charge in [-0.3, -0.25) is 5.41 Å². The molecule has 4 nitrogen and oxygen atoms in total. The molecule has 4 aromatic rings. The molecule has 5 N–H and O–H groups in total. The van der Waals surface area contributed by atoms with Crippen molar-refractivity contribution in [3.63, 3.8) is 0 Å². The average molecular weight is 362 g/mol. The minimum absolute atomic E-state index is 0.0298. The molecule has 0 atom stereocenters. The third kappa shape index (κ3) is 2.91. The molecule has 0 fully saturated rings. The highest BCUT2D eigenvalue weighted by atomic mass is 35.5. The van der Waals surface area contributed by atoms with Crippen molar-refractivity contribution in [1.82, 2.24) is 4.98 Å². The van der Waals surface area contributed by atoms with Crippen LogP contribution in [0.4, 0.5) is 0 Å². The predicted octanol–water partition coefficient (Wildman–Crippen LogP) is 5.14. The maximum absolute atomic E-state index is 10.4. The number of aromatic hydroxyl groups is 1. The zero-order valence-electron chi connectivity index (χ0n) is 13.8. The summed E-state index contributed by atoms with van der Waals surface area (Å²) in [5.74, 6) is 0.225. The van der Waals surface area contributed by atoms with Crippen LogP contribution >= 0.6 is 11.6 Å². The molecule has 128 valence electrons. The van der Waals surface area contributed by atoms with Gasteiger partial charge in [-0.1, -0.05) is 29.8 Å². The number of benzene rings is 3. The monoisotopic (exact) mass is 361 g/mol. The zero-order valence-corrected chi connectivity index (χ0v) is 14.5. The Balaban J connectivity index is 1.82. The molecule has 0 radical (unpaired) electrons. The lowest BCUT2D eigenvalue weighted by atomic mass is 10.0. The average Bonchev–Trinajstić information content (AvgIpc) is 3.05. The molecule has 0 saturated carbocycles. The molecule has 1 aromatic heterocycles. The molecule has 26 heavy (non-hydrogen) atoms. The van der Waals surface area contributed by atoms with Gasteiger partial charge in [-0.25, -0.2) is 0 Å². The minimum atomic E-state index is 0.0298. The lowest BCUT2D eigenvalue weighted by molar-refractivity contribution is 0.477. The van der Waals surface area contributed by atoms with E-state index in [4.69, 9.17) is 22.7 Å². The van der Waals surface area contributed by atoms with Gasteiger partial charge in [0.2, 0.25) is 0 Å². The highest BCUT2D eigenvalue weighted by molar-refractivity contribution is 6.30. The van der Waals surface area contributed by atoms with Crippen LogP contribution in [0.5, 0.6) is 5.75 Å². The molecule has 0 bridgehead atoms. The fourth-order valence-electron chi connectivity index (χ4n) is 3.02. The van der Waals surface area contributed by atoms with Gasteiger partial charge in [-0.15, -0.1) is 0 Å². The van der Waals surface area contributed by atoms with Gasteiger partial charge >= 0.3 is 0 Å². The van der Waals surface area contributed by atoms with E-state index in [9.17, 15) is 5.11 Å².